The molecule has 0 aromatic carbocycles. The molecule has 13 heavy (non-hydrogen) atoms. The normalized spacial score (nSPS) is 16.1. The summed E-state index contributed by atoms with van der Waals surface area (Å²) in [5.74, 6) is 0.255. The minimum Gasteiger partial charge on any atom is -0.388 e. The topological polar surface area (TPSA) is 20.2 Å². The highest BCUT2D eigenvalue weighted by Gasteiger charge is 2.25. The molecule has 0 spiro atoms. The molecule has 0 rings (SSSR count). The van der Waals surface area contributed by atoms with Gasteiger partial charge in [0.15, 0.2) is 0 Å². The zero-order valence-electron chi connectivity index (χ0n) is 9.46. The first-order valence-electron chi connectivity index (χ1n) is 4.82. The molecule has 76 valence electrons. The van der Waals surface area contributed by atoms with E-state index >= 15 is 0 Å². The van der Waals surface area contributed by atoms with Crippen molar-refractivity contribution in [2.24, 2.45) is 11.3 Å². The minimum atomic E-state index is -0.363. The predicted octanol–water partition coefficient (Wildman–Crippen LogP) is 3.16. The Labute approximate surface area is 82.2 Å². The first kappa shape index (κ1) is 12.4. The van der Waals surface area contributed by atoms with E-state index in [4.69, 9.17) is 0 Å². The van der Waals surface area contributed by atoms with Crippen LogP contribution in [0.3, 0.4) is 0 Å². The van der Waals surface area contributed by atoms with Crippen molar-refractivity contribution in [3.63, 3.8) is 0 Å². The fraction of sp³-hybridized carbons (Fsp3) is 0.667. The van der Waals surface area contributed by atoms with Crippen LogP contribution in [0.4, 0.5) is 0 Å². The van der Waals surface area contributed by atoms with E-state index in [9.17, 15) is 5.11 Å². The summed E-state index contributed by atoms with van der Waals surface area (Å²) < 4.78 is 0. The lowest BCUT2D eigenvalue weighted by molar-refractivity contribution is 0.138. The standard InChI is InChI=1S/C12H22O/c1-7-8-10(12(4,5)6)11(13)9(2)3/h7-9,11,13H,1H2,2-6H3/b10-8-/t11-/m0/s1. The molecule has 1 atom stereocenters. The molecule has 0 bridgehead atoms. The van der Waals surface area contributed by atoms with Gasteiger partial charge in [0.1, 0.15) is 0 Å². The molecule has 1 heteroatoms. The smallest absolute Gasteiger partial charge is 0.0781 e. The van der Waals surface area contributed by atoms with Crippen LogP contribution in [0.5, 0.6) is 0 Å². The van der Waals surface area contributed by atoms with Gasteiger partial charge in [0.05, 0.1) is 6.10 Å². The molecular formula is C12H22O. The molecule has 0 aliphatic rings. The van der Waals surface area contributed by atoms with Gasteiger partial charge in [-0.3, -0.25) is 0 Å². The van der Waals surface area contributed by atoms with Crippen LogP contribution in [-0.4, -0.2) is 11.2 Å². The van der Waals surface area contributed by atoms with Gasteiger partial charge in [-0.25, -0.2) is 0 Å². The van der Waals surface area contributed by atoms with Crippen LogP contribution in [0, 0.1) is 11.3 Å². The van der Waals surface area contributed by atoms with Crippen molar-refractivity contribution in [1.82, 2.24) is 0 Å². The fourth-order valence-electron chi connectivity index (χ4n) is 1.28. The van der Waals surface area contributed by atoms with Crippen molar-refractivity contribution in [3.8, 4) is 0 Å². The maximum atomic E-state index is 9.94. The molecule has 0 saturated carbocycles. The van der Waals surface area contributed by atoms with Crippen LogP contribution in [0.2, 0.25) is 0 Å². The molecule has 0 heterocycles. The van der Waals surface area contributed by atoms with Gasteiger partial charge in [0.25, 0.3) is 0 Å². The minimum absolute atomic E-state index is 0.0118. The second kappa shape index (κ2) is 4.61. The van der Waals surface area contributed by atoms with E-state index in [1.54, 1.807) is 6.08 Å². The Balaban J connectivity index is 4.83. The van der Waals surface area contributed by atoms with E-state index in [0.29, 0.717) is 0 Å². The second-order valence-corrected chi connectivity index (χ2v) is 4.80. The molecule has 1 nitrogen and oxygen atoms in total. The molecule has 0 radical (unpaired) electrons. The first-order valence-corrected chi connectivity index (χ1v) is 4.82. The van der Waals surface area contributed by atoms with Crippen LogP contribution in [0.1, 0.15) is 34.6 Å². The molecule has 0 aromatic rings. The highest BCUT2D eigenvalue weighted by atomic mass is 16.3. The van der Waals surface area contributed by atoms with Crippen LogP contribution in [0.25, 0.3) is 0 Å². The molecule has 0 saturated heterocycles. The lowest BCUT2D eigenvalue weighted by Gasteiger charge is -2.29. The zero-order chi connectivity index (χ0) is 10.6. The van der Waals surface area contributed by atoms with E-state index in [0.717, 1.165) is 5.57 Å². The summed E-state index contributed by atoms with van der Waals surface area (Å²) >= 11 is 0. The largest absolute Gasteiger partial charge is 0.388 e. The Morgan fingerprint density at radius 1 is 1.31 bits per heavy atom. The molecule has 0 fully saturated rings. The zero-order valence-corrected chi connectivity index (χ0v) is 9.46. The highest BCUT2D eigenvalue weighted by Crippen LogP contribution is 2.30. The van der Waals surface area contributed by atoms with Crippen molar-refractivity contribution < 1.29 is 5.11 Å². The third-order valence-electron chi connectivity index (χ3n) is 2.11. The molecule has 0 unspecified atom stereocenters. The van der Waals surface area contributed by atoms with Crippen LogP contribution < -0.4 is 0 Å². The van der Waals surface area contributed by atoms with Crippen molar-refractivity contribution in [1.29, 1.82) is 0 Å². The van der Waals surface area contributed by atoms with Gasteiger partial charge in [-0.1, -0.05) is 53.3 Å². The quantitative estimate of drug-likeness (QED) is 0.665. The lowest BCUT2D eigenvalue weighted by atomic mass is 9.79. The van der Waals surface area contributed by atoms with Crippen molar-refractivity contribution in [2.45, 2.75) is 40.7 Å². The van der Waals surface area contributed by atoms with E-state index < -0.39 is 0 Å². The Morgan fingerprint density at radius 2 is 1.77 bits per heavy atom. The SMILES string of the molecule is C=C/C=C(/[C@@H](O)C(C)C)C(C)(C)C. The summed E-state index contributed by atoms with van der Waals surface area (Å²) in [4.78, 5) is 0. The number of aliphatic hydroxyl groups excluding tert-OH is 1. The molecule has 0 aliphatic carbocycles. The van der Waals surface area contributed by atoms with E-state index in [-0.39, 0.29) is 17.4 Å². The summed E-state index contributed by atoms with van der Waals surface area (Å²) in [6.45, 7) is 14.0. The number of aliphatic hydroxyl groups is 1. The van der Waals surface area contributed by atoms with Crippen LogP contribution >= 0.6 is 0 Å². The third kappa shape index (κ3) is 3.77. The van der Waals surface area contributed by atoms with Crippen LogP contribution in [0.15, 0.2) is 24.3 Å². The summed E-state index contributed by atoms with van der Waals surface area (Å²) in [5.41, 5.74) is 1.07. The third-order valence-corrected chi connectivity index (χ3v) is 2.11. The molecule has 0 aromatic heterocycles. The average molecular weight is 182 g/mol. The Kier molecular flexibility index (Phi) is 4.41. The van der Waals surface area contributed by atoms with Gasteiger partial charge in [-0.05, 0) is 16.9 Å². The van der Waals surface area contributed by atoms with Gasteiger partial charge in [0, 0.05) is 0 Å². The van der Waals surface area contributed by atoms with Gasteiger partial charge < -0.3 is 5.11 Å². The first-order chi connectivity index (χ1) is 5.80. The van der Waals surface area contributed by atoms with E-state index in [2.05, 4.69) is 27.4 Å². The highest BCUT2D eigenvalue weighted by molar-refractivity contribution is 5.21. The van der Waals surface area contributed by atoms with Crippen molar-refractivity contribution in [2.75, 3.05) is 0 Å². The fourth-order valence-corrected chi connectivity index (χ4v) is 1.28. The predicted molar refractivity (Wildman–Crippen MR) is 58.6 cm³/mol. The maximum absolute atomic E-state index is 9.94. The maximum Gasteiger partial charge on any atom is 0.0781 e. The number of rotatable bonds is 3. The van der Waals surface area contributed by atoms with Gasteiger partial charge in [-0.15, -0.1) is 0 Å². The van der Waals surface area contributed by atoms with Gasteiger partial charge >= 0.3 is 0 Å². The number of hydrogen-bond acceptors (Lipinski definition) is 1. The number of allylic oxidation sites excluding steroid dienone is 2. The van der Waals surface area contributed by atoms with Gasteiger partial charge in [0.2, 0.25) is 0 Å². The Bertz CT molecular complexity index is 194. The molecule has 1 N–H and O–H groups in total. The van der Waals surface area contributed by atoms with E-state index in [1.807, 2.05) is 19.9 Å². The second-order valence-electron chi connectivity index (χ2n) is 4.80. The van der Waals surface area contributed by atoms with Crippen molar-refractivity contribution in [3.05, 3.63) is 24.3 Å². The molecule has 0 aliphatic heterocycles. The monoisotopic (exact) mass is 182 g/mol. The molecule has 0 amide bonds. The summed E-state index contributed by atoms with van der Waals surface area (Å²) in [6.07, 6.45) is 3.30. The average Bonchev–Trinajstić information content (AvgIpc) is 1.96. The Morgan fingerprint density at radius 3 is 2.00 bits per heavy atom. The lowest BCUT2D eigenvalue weighted by Crippen LogP contribution is -2.26. The summed E-state index contributed by atoms with van der Waals surface area (Å²) in [5, 5.41) is 9.94. The van der Waals surface area contributed by atoms with Gasteiger partial charge in [-0.2, -0.15) is 0 Å². The van der Waals surface area contributed by atoms with Crippen LogP contribution in [-0.2, 0) is 0 Å². The Hall–Kier alpha value is -0.560. The van der Waals surface area contributed by atoms with Crippen molar-refractivity contribution >= 4 is 0 Å². The summed E-state index contributed by atoms with van der Waals surface area (Å²) in [7, 11) is 0. The summed E-state index contributed by atoms with van der Waals surface area (Å²) in [6, 6.07) is 0. The van der Waals surface area contributed by atoms with E-state index in [1.165, 1.54) is 0 Å². The number of hydrogen-bond donors (Lipinski definition) is 1. The molecular weight excluding hydrogens is 160 g/mol.